The van der Waals surface area contributed by atoms with Crippen LogP contribution in [0.2, 0.25) is 5.02 Å². The van der Waals surface area contributed by atoms with Crippen LogP contribution in [0.15, 0.2) is 53.0 Å². The number of amides is 1. The van der Waals surface area contributed by atoms with E-state index in [2.05, 4.69) is 15.9 Å². The van der Waals surface area contributed by atoms with E-state index >= 15 is 0 Å². The van der Waals surface area contributed by atoms with Gasteiger partial charge in [0.1, 0.15) is 5.75 Å². The van der Waals surface area contributed by atoms with E-state index in [-0.39, 0.29) is 12.3 Å². The van der Waals surface area contributed by atoms with Gasteiger partial charge in [0.15, 0.2) is 9.84 Å². The molecule has 1 amide bonds. The molecule has 0 radical (unpaired) electrons. The maximum Gasteiger partial charge on any atom is 0.237 e. The summed E-state index contributed by atoms with van der Waals surface area (Å²) in [7, 11) is -1.97. The quantitative estimate of drug-likeness (QED) is 0.702. The van der Waals surface area contributed by atoms with Crippen LogP contribution in [0.4, 0.5) is 0 Å². The van der Waals surface area contributed by atoms with Gasteiger partial charge < -0.3 is 4.90 Å². The lowest BCUT2D eigenvalue weighted by molar-refractivity contribution is -0.127. The van der Waals surface area contributed by atoms with Crippen molar-refractivity contribution in [1.29, 1.82) is 0 Å². The molecule has 7 heteroatoms. The summed E-state index contributed by atoms with van der Waals surface area (Å²) in [6.45, 7) is 0.269. The third-order valence-electron chi connectivity index (χ3n) is 3.41. The first-order chi connectivity index (χ1) is 11.3. The number of halogens is 2. The first kappa shape index (κ1) is 19.0. The summed E-state index contributed by atoms with van der Waals surface area (Å²) in [5.74, 6) is -1.15. The molecule has 2 aromatic rings. The first-order valence-electron chi connectivity index (χ1n) is 7.19. The highest BCUT2D eigenvalue weighted by molar-refractivity contribution is 9.10. The van der Waals surface area contributed by atoms with Gasteiger partial charge in [-0.05, 0) is 29.3 Å². The van der Waals surface area contributed by atoms with Crippen molar-refractivity contribution in [2.75, 3.05) is 12.8 Å². The molecule has 2 aromatic carbocycles. The van der Waals surface area contributed by atoms with Crippen LogP contribution in [-0.2, 0) is 26.9 Å². The Kier molecular flexibility index (Phi) is 6.43. The average molecular weight is 431 g/mol. The largest absolute Gasteiger partial charge is 0.340 e. The third kappa shape index (κ3) is 5.61. The summed E-state index contributed by atoms with van der Waals surface area (Å²) < 4.78 is 25.3. The normalized spacial score (nSPS) is 11.3. The summed E-state index contributed by atoms with van der Waals surface area (Å²) >= 11 is 9.37. The highest BCUT2D eigenvalue weighted by atomic mass is 79.9. The van der Waals surface area contributed by atoms with Gasteiger partial charge in [-0.3, -0.25) is 4.79 Å². The SMILES string of the molecule is CN(Cc1ccccc1Cl)C(=O)CS(=O)(=O)Cc1cccc(Br)c1. The minimum Gasteiger partial charge on any atom is -0.340 e. The molecule has 0 saturated carbocycles. The van der Waals surface area contributed by atoms with E-state index in [0.717, 1.165) is 10.0 Å². The van der Waals surface area contributed by atoms with Crippen molar-refractivity contribution in [2.24, 2.45) is 0 Å². The van der Waals surface area contributed by atoms with Gasteiger partial charge >= 0.3 is 0 Å². The fourth-order valence-electron chi connectivity index (χ4n) is 2.20. The zero-order valence-corrected chi connectivity index (χ0v) is 16.2. The molecular weight excluding hydrogens is 414 g/mol. The standard InChI is InChI=1S/C17H17BrClNO3S/c1-20(10-14-6-2-3-8-16(14)19)17(21)12-24(22,23)11-13-5-4-7-15(18)9-13/h2-9H,10-12H2,1H3. The van der Waals surface area contributed by atoms with Gasteiger partial charge in [-0.15, -0.1) is 0 Å². The van der Waals surface area contributed by atoms with Gasteiger partial charge in [-0.25, -0.2) is 8.42 Å². The molecule has 0 aliphatic carbocycles. The van der Waals surface area contributed by atoms with Crippen LogP contribution in [0.25, 0.3) is 0 Å². The molecule has 0 heterocycles. The first-order valence-corrected chi connectivity index (χ1v) is 10.2. The van der Waals surface area contributed by atoms with E-state index in [1.807, 2.05) is 18.2 Å². The van der Waals surface area contributed by atoms with Crippen LogP contribution >= 0.6 is 27.5 Å². The number of hydrogen-bond donors (Lipinski definition) is 0. The Hall–Kier alpha value is -1.37. The van der Waals surface area contributed by atoms with Crippen molar-refractivity contribution >= 4 is 43.3 Å². The molecule has 0 N–H and O–H groups in total. The highest BCUT2D eigenvalue weighted by Gasteiger charge is 2.21. The summed E-state index contributed by atoms with van der Waals surface area (Å²) in [4.78, 5) is 13.6. The van der Waals surface area contributed by atoms with Gasteiger partial charge in [0.25, 0.3) is 0 Å². The molecule has 4 nitrogen and oxygen atoms in total. The van der Waals surface area contributed by atoms with Gasteiger partial charge in [0, 0.05) is 23.1 Å². The van der Waals surface area contributed by atoms with E-state index in [4.69, 9.17) is 11.6 Å². The van der Waals surface area contributed by atoms with Crippen LogP contribution in [0, 0.1) is 0 Å². The predicted molar refractivity (Wildman–Crippen MR) is 99.6 cm³/mol. The van der Waals surface area contributed by atoms with E-state index in [9.17, 15) is 13.2 Å². The molecule has 0 unspecified atom stereocenters. The van der Waals surface area contributed by atoms with Crippen LogP contribution < -0.4 is 0 Å². The maximum atomic E-state index is 12.3. The molecule has 24 heavy (non-hydrogen) atoms. The van der Waals surface area contributed by atoms with Gasteiger partial charge in [-0.1, -0.05) is 57.9 Å². The maximum absolute atomic E-state index is 12.3. The molecule has 2 rings (SSSR count). The number of nitrogens with zero attached hydrogens (tertiary/aromatic N) is 1. The van der Waals surface area contributed by atoms with E-state index < -0.39 is 21.5 Å². The van der Waals surface area contributed by atoms with Crippen molar-refractivity contribution in [2.45, 2.75) is 12.3 Å². The number of benzene rings is 2. The lowest BCUT2D eigenvalue weighted by Crippen LogP contribution is -2.32. The van der Waals surface area contributed by atoms with E-state index in [1.54, 1.807) is 37.4 Å². The highest BCUT2D eigenvalue weighted by Crippen LogP contribution is 2.17. The van der Waals surface area contributed by atoms with Crippen LogP contribution in [0.3, 0.4) is 0 Å². The number of rotatable bonds is 6. The number of sulfone groups is 1. The molecule has 0 saturated heterocycles. The second-order valence-electron chi connectivity index (χ2n) is 5.50. The van der Waals surface area contributed by atoms with E-state index in [1.165, 1.54) is 4.90 Å². The van der Waals surface area contributed by atoms with Crippen molar-refractivity contribution in [1.82, 2.24) is 4.90 Å². The molecule has 0 aromatic heterocycles. The third-order valence-corrected chi connectivity index (χ3v) is 5.73. The summed E-state index contributed by atoms with van der Waals surface area (Å²) in [5.41, 5.74) is 1.42. The Morgan fingerprint density at radius 1 is 1.17 bits per heavy atom. The summed E-state index contributed by atoms with van der Waals surface area (Å²) in [6, 6.07) is 14.2. The van der Waals surface area contributed by atoms with Crippen LogP contribution in [0.1, 0.15) is 11.1 Å². The monoisotopic (exact) mass is 429 g/mol. The fourth-order valence-corrected chi connectivity index (χ4v) is 4.23. The minimum atomic E-state index is -3.54. The predicted octanol–water partition coefficient (Wildman–Crippen LogP) is 3.68. The Morgan fingerprint density at radius 2 is 1.88 bits per heavy atom. The Bertz CT molecular complexity index is 839. The van der Waals surface area contributed by atoms with Crippen LogP contribution in [-0.4, -0.2) is 32.0 Å². The Morgan fingerprint density at radius 3 is 2.54 bits per heavy atom. The Balaban J connectivity index is 2.01. The summed E-state index contributed by atoms with van der Waals surface area (Å²) in [5, 5.41) is 0.550. The topological polar surface area (TPSA) is 54.5 Å². The van der Waals surface area contributed by atoms with E-state index in [0.29, 0.717) is 10.6 Å². The molecule has 0 spiro atoms. The smallest absolute Gasteiger partial charge is 0.237 e. The second-order valence-corrected chi connectivity index (χ2v) is 8.89. The number of carbonyl (C=O) groups excluding carboxylic acids is 1. The zero-order chi connectivity index (χ0) is 17.7. The molecular formula is C17H17BrClNO3S. The second kappa shape index (κ2) is 8.14. The Labute approximate surface area is 155 Å². The average Bonchev–Trinajstić information content (AvgIpc) is 2.48. The lowest BCUT2D eigenvalue weighted by atomic mass is 10.2. The van der Waals surface area contributed by atoms with Crippen molar-refractivity contribution < 1.29 is 13.2 Å². The van der Waals surface area contributed by atoms with Gasteiger partial charge in [0.2, 0.25) is 5.91 Å². The van der Waals surface area contributed by atoms with Crippen molar-refractivity contribution in [3.63, 3.8) is 0 Å². The van der Waals surface area contributed by atoms with Crippen molar-refractivity contribution in [3.8, 4) is 0 Å². The zero-order valence-electron chi connectivity index (χ0n) is 13.1. The number of hydrogen-bond acceptors (Lipinski definition) is 3. The molecule has 0 aliphatic heterocycles. The van der Waals surface area contributed by atoms with Crippen molar-refractivity contribution in [3.05, 3.63) is 69.2 Å². The molecule has 0 aliphatic rings. The molecule has 0 bridgehead atoms. The molecule has 0 fully saturated rings. The fraction of sp³-hybridized carbons (Fsp3) is 0.235. The minimum absolute atomic E-state index is 0.169. The molecule has 128 valence electrons. The summed E-state index contributed by atoms with van der Waals surface area (Å²) in [6.07, 6.45) is 0. The van der Waals surface area contributed by atoms with Gasteiger partial charge in [0.05, 0.1) is 5.75 Å². The molecule has 0 atom stereocenters. The number of carbonyl (C=O) groups is 1. The van der Waals surface area contributed by atoms with Gasteiger partial charge in [-0.2, -0.15) is 0 Å². The lowest BCUT2D eigenvalue weighted by Gasteiger charge is -2.18. The van der Waals surface area contributed by atoms with Crippen LogP contribution in [0.5, 0.6) is 0 Å².